The minimum absolute atomic E-state index is 0.149. The molecule has 10 heteroatoms. The van der Waals surface area contributed by atoms with Gasteiger partial charge < -0.3 is 10.1 Å². The number of ether oxygens (including phenoxy) is 1. The molecule has 0 saturated carbocycles. The lowest BCUT2D eigenvalue weighted by molar-refractivity contribution is -0.139. The van der Waals surface area contributed by atoms with Crippen molar-refractivity contribution in [2.24, 2.45) is 0 Å². The topological polar surface area (TPSA) is 92.8 Å². The van der Waals surface area contributed by atoms with Crippen molar-refractivity contribution in [2.75, 3.05) is 5.32 Å². The highest BCUT2D eigenvalue weighted by atomic mass is 35.5. The summed E-state index contributed by atoms with van der Waals surface area (Å²) >= 11 is 17.8. The van der Waals surface area contributed by atoms with Gasteiger partial charge in [0.25, 0.3) is 5.91 Å². The average molecular weight is 484 g/mol. The number of carbonyl (C=O) groups is 4. The molecule has 162 valence electrons. The number of amides is 3. The number of halogens is 3. The average Bonchev–Trinajstić information content (AvgIpc) is 3.04. The zero-order chi connectivity index (χ0) is 22.7. The lowest BCUT2D eigenvalue weighted by Crippen LogP contribution is -2.30. The van der Waals surface area contributed by atoms with Crippen LogP contribution in [0.15, 0.2) is 36.4 Å². The number of carbonyl (C=O) groups excluding carboxylic acids is 4. The van der Waals surface area contributed by atoms with E-state index in [2.05, 4.69) is 5.32 Å². The molecule has 2 aromatic carbocycles. The zero-order valence-electron chi connectivity index (χ0n) is 16.3. The Bertz CT molecular complexity index is 1040. The molecule has 31 heavy (non-hydrogen) atoms. The van der Waals surface area contributed by atoms with Gasteiger partial charge in [0.15, 0.2) is 6.10 Å². The fraction of sp³-hybridized carbons (Fsp3) is 0.238. The first kappa shape index (κ1) is 23.1. The maximum Gasteiger partial charge on any atom is 0.338 e. The molecule has 1 aliphatic rings. The van der Waals surface area contributed by atoms with E-state index in [9.17, 15) is 19.2 Å². The Morgan fingerprint density at radius 1 is 1.00 bits per heavy atom. The molecular formula is C21H17Cl3N2O5. The van der Waals surface area contributed by atoms with E-state index in [0.29, 0.717) is 5.56 Å². The second kappa shape index (κ2) is 9.68. The number of benzene rings is 2. The summed E-state index contributed by atoms with van der Waals surface area (Å²) in [4.78, 5) is 49.3. The van der Waals surface area contributed by atoms with Gasteiger partial charge in [-0.2, -0.15) is 0 Å². The van der Waals surface area contributed by atoms with Gasteiger partial charge in [0.1, 0.15) is 0 Å². The van der Waals surface area contributed by atoms with Crippen LogP contribution < -0.4 is 5.32 Å². The van der Waals surface area contributed by atoms with Crippen LogP contribution in [0.1, 0.15) is 35.7 Å². The summed E-state index contributed by atoms with van der Waals surface area (Å²) in [6.07, 6.45) is -0.676. The molecule has 1 unspecified atom stereocenters. The van der Waals surface area contributed by atoms with Crippen LogP contribution >= 0.6 is 34.8 Å². The Hall–Kier alpha value is -2.61. The molecule has 0 aromatic heterocycles. The Kier molecular flexibility index (Phi) is 7.20. The van der Waals surface area contributed by atoms with Crippen molar-refractivity contribution < 1.29 is 23.9 Å². The van der Waals surface area contributed by atoms with E-state index in [4.69, 9.17) is 39.5 Å². The van der Waals surface area contributed by atoms with Gasteiger partial charge in [0, 0.05) is 12.8 Å². The van der Waals surface area contributed by atoms with Crippen molar-refractivity contribution in [1.82, 2.24) is 4.90 Å². The second-order valence-electron chi connectivity index (χ2n) is 6.85. The number of hydrogen-bond acceptors (Lipinski definition) is 5. The first-order valence-corrected chi connectivity index (χ1v) is 10.4. The fourth-order valence-electron chi connectivity index (χ4n) is 2.86. The third kappa shape index (κ3) is 5.55. The summed E-state index contributed by atoms with van der Waals surface area (Å²) in [5.41, 5.74) is 1.15. The third-order valence-corrected chi connectivity index (χ3v) is 5.64. The number of anilines is 1. The highest BCUT2D eigenvalue weighted by Crippen LogP contribution is 2.32. The third-order valence-electron chi connectivity index (χ3n) is 4.61. The highest BCUT2D eigenvalue weighted by molar-refractivity contribution is 6.44. The van der Waals surface area contributed by atoms with E-state index >= 15 is 0 Å². The first-order valence-electron chi connectivity index (χ1n) is 9.24. The first-order chi connectivity index (χ1) is 14.7. The van der Waals surface area contributed by atoms with Crippen LogP contribution in [0.25, 0.3) is 0 Å². The van der Waals surface area contributed by atoms with Gasteiger partial charge in [-0.25, -0.2) is 4.79 Å². The van der Waals surface area contributed by atoms with Gasteiger partial charge in [0.2, 0.25) is 11.8 Å². The number of nitrogens with one attached hydrogen (secondary N) is 1. The maximum absolute atomic E-state index is 12.4. The molecule has 1 aliphatic heterocycles. The smallest absolute Gasteiger partial charge is 0.338 e. The maximum atomic E-state index is 12.4. The van der Waals surface area contributed by atoms with E-state index in [1.165, 1.54) is 36.1 Å². The van der Waals surface area contributed by atoms with E-state index in [1.54, 1.807) is 12.1 Å². The Balaban J connectivity index is 1.59. The number of esters is 1. The normalized spacial score (nSPS) is 14.5. The zero-order valence-corrected chi connectivity index (χ0v) is 18.6. The lowest BCUT2D eigenvalue weighted by atomic mass is 10.1. The number of likely N-dealkylation sites (tertiary alicyclic amines) is 1. The van der Waals surface area contributed by atoms with Gasteiger partial charge in [-0.15, -0.1) is 0 Å². The van der Waals surface area contributed by atoms with Crippen LogP contribution in [-0.2, 0) is 25.7 Å². The predicted molar refractivity (Wildman–Crippen MR) is 116 cm³/mol. The van der Waals surface area contributed by atoms with Crippen molar-refractivity contribution in [3.05, 3.63) is 62.6 Å². The molecule has 1 atom stereocenters. The standard InChI is InChI=1S/C21H17Cl3N2O5/c1-11(20(29)25-17-9-15(23)14(22)8-16(17)24)31-21(30)13-4-2-12(3-5-13)10-26-18(27)6-7-19(26)28/h2-5,8-9,11H,6-7,10H2,1H3,(H,25,29). The van der Waals surface area contributed by atoms with Gasteiger partial charge in [-0.3, -0.25) is 19.3 Å². The molecule has 2 aromatic rings. The summed E-state index contributed by atoms with van der Waals surface area (Å²) in [5.74, 6) is -1.73. The van der Waals surface area contributed by atoms with Crippen LogP contribution in [0, 0.1) is 0 Å². The molecule has 0 radical (unpaired) electrons. The van der Waals surface area contributed by atoms with Crippen LogP contribution in [0.2, 0.25) is 15.1 Å². The van der Waals surface area contributed by atoms with Crippen LogP contribution in [-0.4, -0.2) is 34.7 Å². The number of imide groups is 1. The van der Waals surface area contributed by atoms with Crippen molar-refractivity contribution in [3.8, 4) is 0 Å². The van der Waals surface area contributed by atoms with E-state index in [-0.39, 0.29) is 57.5 Å². The monoisotopic (exact) mass is 482 g/mol. The second-order valence-corrected chi connectivity index (χ2v) is 8.08. The molecule has 1 saturated heterocycles. The highest BCUT2D eigenvalue weighted by Gasteiger charge is 2.28. The molecule has 7 nitrogen and oxygen atoms in total. The van der Waals surface area contributed by atoms with Crippen molar-refractivity contribution in [3.63, 3.8) is 0 Å². The molecule has 1 fully saturated rings. The Morgan fingerprint density at radius 2 is 1.58 bits per heavy atom. The van der Waals surface area contributed by atoms with Gasteiger partial charge in [-0.1, -0.05) is 46.9 Å². The fourth-order valence-corrected chi connectivity index (χ4v) is 3.46. The lowest BCUT2D eigenvalue weighted by Gasteiger charge is -2.16. The van der Waals surface area contributed by atoms with Crippen molar-refractivity contribution in [1.29, 1.82) is 0 Å². The molecular weight excluding hydrogens is 467 g/mol. The summed E-state index contributed by atoms with van der Waals surface area (Å²) in [6.45, 7) is 1.56. The minimum Gasteiger partial charge on any atom is -0.449 e. The minimum atomic E-state index is -1.11. The molecule has 3 amide bonds. The molecule has 0 spiro atoms. The summed E-state index contributed by atoms with van der Waals surface area (Å²) in [6, 6.07) is 9.04. The summed E-state index contributed by atoms with van der Waals surface area (Å²) in [7, 11) is 0. The molecule has 0 aliphatic carbocycles. The van der Waals surface area contributed by atoms with E-state index in [0.717, 1.165) is 0 Å². The van der Waals surface area contributed by atoms with Gasteiger partial charge in [0.05, 0.1) is 32.9 Å². The number of rotatable bonds is 6. The molecule has 3 rings (SSSR count). The Labute approximate surface area is 193 Å². The van der Waals surface area contributed by atoms with Crippen molar-refractivity contribution >= 4 is 64.2 Å². The van der Waals surface area contributed by atoms with Crippen molar-refractivity contribution in [2.45, 2.75) is 32.4 Å². The van der Waals surface area contributed by atoms with Gasteiger partial charge in [-0.05, 0) is 36.8 Å². The predicted octanol–water partition coefficient (Wildman–Crippen LogP) is 4.48. The van der Waals surface area contributed by atoms with E-state index in [1.807, 2.05) is 0 Å². The van der Waals surface area contributed by atoms with Gasteiger partial charge >= 0.3 is 5.97 Å². The SMILES string of the molecule is CC(OC(=O)c1ccc(CN2C(=O)CCC2=O)cc1)C(=O)Nc1cc(Cl)c(Cl)cc1Cl. The molecule has 1 heterocycles. The largest absolute Gasteiger partial charge is 0.449 e. The van der Waals surface area contributed by atoms with Crippen LogP contribution in [0.5, 0.6) is 0 Å². The number of nitrogens with zero attached hydrogens (tertiary/aromatic N) is 1. The summed E-state index contributed by atoms with van der Waals surface area (Å²) < 4.78 is 5.20. The van der Waals surface area contributed by atoms with E-state index < -0.39 is 18.0 Å². The van der Waals surface area contributed by atoms with Crippen LogP contribution in [0.4, 0.5) is 5.69 Å². The quantitative estimate of drug-likeness (QED) is 0.371. The van der Waals surface area contributed by atoms with Crippen LogP contribution in [0.3, 0.4) is 0 Å². The summed E-state index contributed by atoms with van der Waals surface area (Å²) in [5, 5.41) is 3.17. The number of hydrogen-bond donors (Lipinski definition) is 1. The molecule has 0 bridgehead atoms. The molecule has 1 N–H and O–H groups in total. The Morgan fingerprint density at radius 3 is 2.19 bits per heavy atom.